The van der Waals surface area contributed by atoms with Crippen LogP contribution in [-0.4, -0.2) is 23.7 Å². The molecule has 0 bridgehead atoms. The number of amides is 1. The number of nitrogens with one attached hydrogen (secondary N) is 1. The van der Waals surface area contributed by atoms with Crippen LogP contribution in [0.1, 0.15) is 21.5 Å². The van der Waals surface area contributed by atoms with Gasteiger partial charge in [-0.25, -0.2) is 0 Å². The van der Waals surface area contributed by atoms with Crippen molar-refractivity contribution >= 4 is 17.5 Å². The van der Waals surface area contributed by atoms with Crippen molar-refractivity contribution in [2.24, 2.45) is 0 Å². The Morgan fingerprint density at radius 3 is 2.52 bits per heavy atom. The summed E-state index contributed by atoms with van der Waals surface area (Å²) in [4.78, 5) is 12.3. The topological polar surface area (TPSA) is 49.3 Å². The molecule has 110 valence electrons. The van der Waals surface area contributed by atoms with Gasteiger partial charge in [-0.3, -0.25) is 4.79 Å². The highest BCUT2D eigenvalue weighted by molar-refractivity contribution is 6.34. The number of halogens is 1. The minimum atomic E-state index is -0.337. The smallest absolute Gasteiger partial charge is 0.253 e. The lowest BCUT2D eigenvalue weighted by Crippen LogP contribution is -2.39. The van der Waals surface area contributed by atoms with Crippen molar-refractivity contribution in [1.82, 2.24) is 5.32 Å². The van der Waals surface area contributed by atoms with Crippen LogP contribution in [0, 0.1) is 6.92 Å². The molecule has 1 amide bonds. The second-order valence-electron chi connectivity index (χ2n) is 4.97. The van der Waals surface area contributed by atoms with Crippen molar-refractivity contribution < 1.29 is 9.90 Å². The zero-order valence-electron chi connectivity index (χ0n) is 11.8. The summed E-state index contributed by atoms with van der Waals surface area (Å²) in [7, 11) is 0. The van der Waals surface area contributed by atoms with Gasteiger partial charge in [0.25, 0.3) is 5.91 Å². The van der Waals surface area contributed by atoms with Crippen molar-refractivity contribution in [2.75, 3.05) is 6.61 Å². The van der Waals surface area contributed by atoms with Gasteiger partial charge >= 0.3 is 0 Å². The Morgan fingerprint density at radius 2 is 1.90 bits per heavy atom. The molecule has 4 heteroatoms. The molecule has 2 rings (SSSR count). The van der Waals surface area contributed by atoms with E-state index in [0.717, 1.165) is 11.1 Å². The second-order valence-corrected chi connectivity index (χ2v) is 5.38. The molecule has 0 spiro atoms. The quantitative estimate of drug-likeness (QED) is 0.892. The number of carbonyl (C=O) groups excluding carboxylic acids is 1. The van der Waals surface area contributed by atoms with E-state index in [0.29, 0.717) is 17.0 Å². The largest absolute Gasteiger partial charge is 0.394 e. The van der Waals surface area contributed by atoms with Crippen LogP contribution in [0.5, 0.6) is 0 Å². The molecule has 2 aromatic rings. The van der Waals surface area contributed by atoms with Gasteiger partial charge in [0.2, 0.25) is 0 Å². The highest BCUT2D eigenvalue weighted by atomic mass is 35.5. The molecule has 0 saturated carbocycles. The monoisotopic (exact) mass is 303 g/mol. The lowest BCUT2D eigenvalue weighted by molar-refractivity contribution is 0.0916. The first-order valence-electron chi connectivity index (χ1n) is 6.82. The summed E-state index contributed by atoms with van der Waals surface area (Å²) in [5.74, 6) is -0.256. The molecule has 0 saturated heterocycles. The zero-order valence-corrected chi connectivity index (χ0v) is 12.6. The summed E-state index contributed by atoms with van der Waals surface area (Å²) in [6.45, 7) is 1.72. The average molecular weight is 304 g/mol. The Bertz CT molecular complexity index is 593. The Hall–Kier alpha value is -1.84. The van der Waals surface area contributed by atoms with E-state index in [1.807, 2.05) is 49.4 Å². The van der Waals surface area contributed by atoms with Gasteiger partial charge in [-0.1, -0.05) is 54.1 Å². The van der Waals surface area contributed by atoms with Gasteiger partial charge in [0.15, 0.2) is 0 Å². The van der Waals surface area contributed by atoms with E-state index in [9.17, 15) is 9.90 Å². The van der Waals surface area contributed by atoms with Crippen LogP contribution in [-0.2, 0) is 6.42 Å². The zero-order chi connectivity index (χ0) is 15.2. The molecule has 0 aromatic heterocycles. The molecule has 1 atom stereocenters. The van der Waals surface area contributed by atoms with Crippen LogP contribution in [0.4, 0.5) is 0 Å². The minimum Gasteiger partial charge on any atom is -0.394 e. The first-order valence-corrected chi connectivity index (χ1v) is 7.20. The molecular weight excluding hydrogens is 286 g/mol. The van der Waals surface area contributed by atoms with E-state index in [-0.39, 0.29) is 18.6 Å². The fourth-order valence-electron chi connectivity index (χ4n) is 2.24. The SMILES string of the molecule is Cc1cccc(Cl)c1C(=O)N[C@H](CO)Cc1ccccc1. The highest BCUT2D eigenvalue weighted by Gasteiger charge is 2.17. The second kappa shape index (κ2) is 7.25. The van der Waals surface area contributed by atoms with Crippen molar-refractivity contribution in [1.29, 1.82) is 0 Å². The van der Waals surface area contributed by atoms with E-state index in [4.69, 9.17) is 11.6 Å². The predicted molar refractivity (Wildman–Crippen MR) is 84.7 cm³/mol. The van der Waals surface area contributed by atoms with E-state index >= 15 is 0 Å². The molecule has 0 radical (unpaired) electrons. The first kappa shape index (κ1) is 15.5. The van der Waals surface area contributed by atoms with Crippen LogP contribution in [0.3, 0.4) is 0 Å². The van der Waals surface area contributed by atoms with Gasteiger partial charge in [-0.2, -0.15) is 0 Å². The maximum atomic E-state index is 12.3. The van der Waals surface area contributed by atoms with Crippen LogP contribution in [0.25, 0.3) is 0 Å². The highest BCUT2D eigenvalue weighted by Crippen LogP contribution is 2.19. The summed E-state index contributed by atoms with van der Waals surface area (Å²) in [6, 6.07) is 14.7. The molecule has 0 aliphatic rings. The summed E-state index contributed by atoms with van der Waals surface area (Å²) in [6.07, 6.45) is 0.576. The fourth-order valence-corrected chi connectivity index (χ4v) is 2.54. The summed E-state index contributed by atoms with van der Waals surface area (Å²) < 4.78 is 0. The van der Waals surface area contributed by atoms with Gasteiger partial charge in [-0.15, -0.1) is 0 Å². The normalized spacial score (nSPS) is 12.0. The molecule has 0 fully saturated rings. The summed E-state index contributed by atoms with van der Waals surface area (Å²) in [5, 5.41) is 12.7. The third-order valence-electron chi connectivity index (χ3n) is 3.33. The molecule has 0 unspecified atom stereocenters. The lowest BCUT2D eigenvalue weighted by atomic mass is 10.0. The maximum Gasteiger partial charge on any atom is 0.253 e. The number of hydrogen-bond donors (Lipinski definition) is 2. The number of aryl methyl sites for hydroxylation is 1. The number of aliphatic hydroxyl groups is 1. The van der Waals surface area contributed by atoms with Crippen molar-refractivity contribution in [3.63, 3.8) is 0 Å². The molecule has 3 nitrogen and oxygen atoms in total. The van der Waals surface area contributed by atoms with Crippen LogP contribution >= 0.6 is 11.6 Å². The molecule has 21 heavy (non-hydrogen) atoms. The van der Waals surface area contributed by atoms with Crippen molar-refractivity contribution in [3.05, 3.63) is 70.2 Å². The van der Waals surface area contributed by atoms with Crippen LogP contribution in [0.2, 0.25) is 5.02 Å². The summed E-state index contributed by atoms with van der Waals surface area (Å²) in [5.41, 5.74) is 2.34. The van der Waals surface area contributed by atoms with E-state index in [1.54, 1.807) is 6.07 Å². The lowest BCUT2D eigenvalue weighted by Gasteiger charge is -2.17. The van der Waals surface area contributed by atoms with Crippen LogP contribution < -0.4 is 5.32 Å². The van der Waals surface area contributed by atoms with Gasteiger partial charge in [0.05, 0.1) is 23.2 Å². The van der Waals surface area contributed by atoms with Crippen LogP contribution in [0.15, 0.2) is 48.5 Å². The molecule has 0 aliphatic heterocycles. The van der Waals surface area contributed by atoms with Gasteiger partial charge in [-0.05, 0) is 30.5 Å². The molecule has 2 aromatic carbocycles. The number of carbonyl (C=O) groups is 1. The predicted octanol–water partition coefficient (Wildman–Crippen LogP) is 2.98. The van der Waals surface area contributed by atoms with E-state index in [1.165, 1.54) is 0 Å². The third kappa shape index (κ3) is 4.06. The third-order valence-corrected chi connectivity index (χ3v) is 3.64. The molecule has 0 heterocycles. The number of hydrogen-bond acceptors (Lipinski definition) is 2. The van der Waals surface area contributed by atoms with Crippen molar-refractivity contribution in [2.45, 2.75) is 19.4 Å². The first-order chi connectivity index (χ1) is 10.1. The average Bonchev–Trinajstić information content (AvgIpc) is 2.47. The van der Waals surface area contributed by atoms with Gasteiger partial charge < -0.3 is 10.4 Å². The Kier molecular flexibility index (Phi) is 5.37. The van der Waals surface area contributed by atoms with E-state index in [2.05, 4.69) is 5.32 Å². The standard InChI is InChI=1S/C17H18ClNO2/c1-12-6-5-9-15(18)16(12)17(21)19-14(11-20)10-13-7-3-2-4-8-13/h2-9,14,20H,10-11H2,1H3,(H,19,21)/t14-/m0/s1. The summed E-state index contributed by atoms with van der Waals surface area (Å²) >= 11 is 6.09. The number of rotatable bonds is 5. The fraction of sp³-hybridized carbons (Fsp3) is 0.235. The molecule has 2 N–H and O–H groups in total. The molecule has 0 aliphatic carbocycles. The van der Waals surface area contributed by atoms with Gasteiger partial charge in [0.1, 0.15) is 0 Å². The van der Waals surface area contributed by atoms with Gasteiger partial charge in [0, 0.05) is 0 Å². The van der Waals surface area contributed by atoms with E-state index < -0.39 is 0 Å². The molecular formula is C17H18ClNO2. The van der Waals surface area contributed by atoms with Crippen molar-refractivity contribution in [3.8, 4) is 0 Å². The Morgan fingerprint density at radius 1 is 1.19 bits per heavy atom. The number of aliphatic hydroxyl groups excluding tert-OH is 1. The number of benzene rings is 2. The minimum absolute atomic E-state index is 0.121. The maximum absolute atomic E-state index is 12.3. The Labute approximate surface area is 129 Å². The Balaban J connectivity index is 2.10.